The van der Waals surface area contributed by atoms with Gasteiger partial charge in [-0.15, -0.1) is 0 Å². The molecule has 0 aromatic carbocycles. The molecular formula is C48H82O4. The van der Waals surface area contributed by atoms with E-state index in [0.717, 1.165) is 57.8 Å². The molecule has 5 fully saturated rings. The van der Waals surface area contributed by atoms with E-state index in [2.05, 4.69) is 55.0 Å². The van der Waals surface area contributed by atoms with Crippen LogP contribution in [0.15, 0.2) is 12.2 Å². The Bertz CT molecular complexity index is 1220. The van der Waals surface area contributed by atoms with Crippen LogP contribution in [0.25, 0.3) is 0 Å². The maximum absolute atomic E-state index is 13.2. The first-order valence-corrected chi connectivity index (χ1v) is 22.8. The molecule has 0 amide bonds. The van der Waals surface area contributed by atoms with Crippen LogP contribution in [0.2, 0.25) is 0 Å². The Balaban J connectivity index is 1.09. The number of carbonyl (C=O) groups excluding carboxylic acids is 1. The first kappa shape index (κ1) is 41.8. The Labute approximate surface area is 320 Å². The number of carbonyl (C=O) groups is 2. The van der Waals surface area contributed by atoms with Crippen LogP contribution in [0.3, 0.4) is 0 Å². The van der Waals surface area contributed by atoms with Crippen LogP contribution in [0.1, 0.15) is 215 Å². The molecule has 52 heavy (non-hydrogen) atoms. The molecule has 0 saturated heterocycles. The Kier molecular flexibility index (Phi) is 13.9. The van der Waals surface area contributed by atoms with Gasteiger partial charge in [0.25, 0.3) is 0 Å². The molecule has 4 unspecified atom stereocenters. The van der Waals surface area contributed by atoms with Crippen molar-refractivity contribution in [1.82, 2.24) is 0 Å². The quantitative estimate of drug-likeness (QED) is 0.0819. The molecule has 5 rings (SSSR count). The first-order valence-electron chi connectivity index (χ1n) is 22.8. The molecule has 0 aromatic heterocycles. The number of rotatable bonds is 19. The minimum Gasteiger partial charge on any atom is -0.481 e. The number of esters is 1. The fourth-order valence-corrected chi connectivity index (χ4v) is 14.6. The molecule has 5 aliphatic carbocycles. The van der Waals surface area contributed by atoms with Crippen molar-refractivity contribution in [2.75, 3.05) is 0 Å². The second-order valence-electron chi connectivity index (χ2n) is 20.7. The van der Waals surface area contributed by atoms with E-state index in [1.807, 2.05) is 0 Å². The highest BCUT2D eigenvalue weighted by Crippen LogP contribution is 2.77. The predicted octanol–water partition coefficient (Wildman–Crippen LogP) is 13.9. The molecular weight excluding hydrogens is 641 g/mol. The standard InChI is InChI=1S/C48H82O4/c1-9-10-11-12-13-14-15-16-17-18-19-20-21-22-23-24-41(49)52-40-29-30-45(6)38(44(40,4)5)28-31-47(8)39(45)26-25-37-42-36(35(2)3)27-32-48(42,43(50)51)34-33-46(37,47)7/h36-40,42H,2,9-34H2,1,3-8H3,(H,50,51)/t36-,37?,38?,39?,40-,42?,45-,46+,47+,48-/m0/s1. The summed E-state index contributed by atoms with van der Waals surface area (Å²) < 4.78 is 6.40. The van der Waals surface area contributed by atoms with Crippen molar-refractivity contribution in [2.24, 2.45) is 56.7 Å². The number of ether oxygens (including phenoxy) is 1. The van der Waals surface area contributed by atoms with E-state index in [9.17, 15) is 14.7 Å². The lowest BCUT2D eigenvalue weighted by atomic mass is 9.32. The predicted molar refractivity (Wildman–Crippen MR) is 216 cm³/mol. The molecule has 4 nitrogen and oxygen atoms in total. The number of unbranched alkanes of at least 4 members (excludes halogenated alkanes) is 14. The van der Waals surface area contributed by atoms with E-state index in [1.54, 1.807) is 0 Å². The fourth-order valence-electron chi connectivity index (χ4n) is 14.6. The number of carboxylic acid groups (broad SMARTS) is 1. The molecule has 10 atom stereocenters. The molecule has 0 aliphatic heterocycles. The highest BCUT2D eigenvalue weighted by atomic mass is 16.5. The van der Waals surface area contributed by atoms with Crippen LogP contribution in [0.4, 0.5) is 0 Å². The molecule has 1 N–H and O–H groups in total. The summed E-state index contributed by atoms with van der Waals surface area (Å²) >= 11 is 0. The largest absolute Gasteiger partial charge is 0.481 e. The van der Waals surface area contributed by atoms with Gasteiger partial charge in [-0.3, -0.25) is 9.59 Å². The van der Waals surface area contributed by atoms with E-state index in [1.165, 1.54) is 108 Å². The molecule has 0 bridgehead atoms. The summed E-state index contributed by atoms with van der Waals surface area (Å²) in [5.74, 6) is 1.66. The highest BCUT2D eigenvalue weighted by molar-refractivity contribution is 5.76. The molecule has 4 heteroatoms. The van der Waals surface area contributed by atoms with E-state index >= 15 is 0 Å². The normalized spacial score (nSPS) is 39.1. The fraction of sp³-hybridized carbons (Fsp3) is 0.917. The number of fused-ring (bicyclic) bond motifs is 7. The summed E-state index contributed by atoms with van der Waals surface area (Å²) in [5, 5.41) is 10.7. The van der Waals surface area contributed by atoms with E-state index in [4.69, 9.17) is 4.74 Å². The van der Waals surface area contributed by atoms with Gasteiger partial charge in [0.05, 0.1) is 5.41 Å². The monoisotopic (exact) mass is 723 g/mol. The van der Waals surface area contributed by atoms with Gasteiger partial charge in [0, 0.05) is 11.8 Å². The Morgan fingerprint density at radius 3 is 1.79 bits per heavy atom. The summed E-state index contributed by atoms with van der Waals surface area (Å²) in [6.45, 7) is 21.5. The van der Waals surface area contributed by atoms with Crippen molar-refractivity contribution in [3.8, 4) is 0 Å². The second kappa shape index (κ2) is 17.2. The van der Waals surface area contributed by atoms with E-state index in [-0.39, 0.29) is 39.7 Å². The van der Waals surface area contributed by atoms with Gasteiger partial charge in [0.15, 0.2) is 0 Å². The van der Waals surface area contributed by atoms with Gasteiger partial charge in [-0.2, -0.15) is 0 Å². The summed E-state index contributed by atoms with van der Waals surface area (Å²) in [7, 11) is 0. The summed E-state index contributed by atoms with van der Waals surface area (Å²) in [4.78, 5) is 26.2. The molecule has 0 aromatic rings. The minimum atomic E-state index is -0.561. The zero-order chi connectivity index (χ0) is 37.8. The zero-order valence-corrected chi connectivity index (χ0v) is 35.2. The van der Waals surface area contributed by atoms with E-state index < -0.39 is 11.4 Å². The number of hydrogen-bond acceptors (Lipinski definition) is 3. The van der Waals surface area contributed by atoms with Crippen molar-refractivity contribution in [1.29, 1.82) is 0 Å². The Morgan fingerprint density at radius 2 is 1.23 bits per heavy atom. The molecule has 298 valence electrons. The topological polar surface area (TPSA) is 63.6 Å². The van der Waals surface area contributed by atoms with Crippen LogP contribution in [-0.4, -0.2) is 23.1 Å². The van der Waals surface area contributed by atoms with Crippen LogP contribution in [0.5, 0.6) is 0 Å². The lowest BCUT2D eigenvalue weighted by Crippen LogP contribution is -2.67. The lowest BCUT2D eigenvalue weighted by molar-refractivity contribution is -0.250. The summed E-state index contributed by atoms with van der Waals surface area (Å²) in [6.07, 6.45) is 31.1. The van der Waals surface area contributed by atoms with Crippen LogP contribution in [-0.2, 0) is 14.3 Å². The minimum absolute atomic E-state index is 0.00590. The maximum Gasteiger partial charge on any atom is 0.309 e. The molecule has 5 saturated carbocycles. The zero-order valence-electron chi connectivity index (χ0n) is 35.2. The van der Waals surface area contributed by atoms with Crippen molar-refractivity contribution >= 4 is 11.9 Å². The SMILES string of the molecule is C=C(C)[C@@H]1CC[C@]2(C(=O)O)CC[C@]3(C)C(CCC4[C@@]5(C)CC[C@H](OC(=O)CCCCCCCCCCCCCCCCC)C(C)(C)C5CC[C@]43C)C12. The van der Waals surface area contributed by atoms with E-state index in [0.29, 0.717) is 30.1 Å². The molecule has 5 aliphatic rings. The van der Waals surface area contributed by atoms with Crippen LogP contribution >= 0.6 is 0 Å². The molecule has 0 spiro atoms. The average molecular weight is 723 g/mol. The number of aliphatic carboxylic acids is 1. The van der Waals surface area contributed by atoms with Gasteiger partial charge in [-0.05, 0) is 123 Å². The smallest absolute Gasteiger partial charge is 0.309 e. The summed E-state index contributed by atoms with van der Waals surface area (Å²) in [6, 6.07) is 0. The lowest BCUT2D eigenvalue weighted by Gasteiger charge is -2.72. The van der Waals surface area contributed by atoms with Crippen molar-refractivity contribution in [2.45, 2.75) is 222 Å². The first-order chi connectivity index (χ1) is 24.7. The Hall–Kier alpha value is -1.32. The van der Waals surface area contributed by atoms with Crippen molar-refractivity contribution in [3.63, 3.8) is 0 Å². The third-order valence-corrected chi connectivity index (χ3v) is 17.7. The third kappa shape index (κ3) is 7.86. The number of carboxylic acids is 1. The molecule has 0 radical (unpaired) electrons. The molecule has 0 heterocycles. The van der Waals surface area contributed by atoms with Gasteiger partial charge in [-0.25, -0.2) is 0 Å². The van der Waals surface area contributed by atoms with Gasteiger partial charge in [0.2, 0.25) is 0 Å². The van der Waals surface area contributed by atoms with Gasteiger partial charge in [-0.1, -0.05) is 144 Å². The summed E-state index contributed by atoms with van der Waals surface area (Å²) in [5.41, 5.74) is 1.15. The third-order valence-electron chi connectivity index (χ3n) is 17.7. The second-order valence-corrected chi connectivity index (χ2v) is 20.7. The van der Waals surface area contributed by atoms with Crippen molar-refractivity contribution in [3.05, 3.63) is 12.2 Å². The van der Waals surface area contributed by atoms with Crippen LogP contribution in [0, 0.1) is 56.7 Å². The number of allylic oxidation sites excluding steroid dienone is 1. The van der Waals surface area contributed by atoms with Gasteiger partial charge in [0.1, 0.15) is 6.10 Å². The van der Waals surface area contributed by atoms with Gasteiger partial charge < -0.3 is 9.84 Å². The van der Waals surface area contributed by atoms with Crippen LogP contribution < -0.4 is 0 Å². The number of hydrogen-bond donors (Lipinski definition) is 1. The highest BCUT2D eigenvalue weighted by Gasteiger charge is 2.72. The average Bonchev–Trinajstić information content (AvgIpc) is 3.50. The van der Waals surface area contributed by atoms with Crippen molar-refractivity contribution < 1.29 is 19.4 Å². The maximum atomic E-state index is 13.2. The van der Waals surface area contributed by atoms with Gasteiger partial charge >= 0.3 is 11.9 Å². The Morgan fingerprint density at radius 1 is 0.654 bits per heavy atom.